The quantitative estimate of drug-likeness (QED) is 0.252. The monoisotopic (exact) mass is 383 g/mol. The lowest BCUT2D eigenvalue weighted by Gasteiger charge is -2.12. The van der Waals surface area contributed by atoms with E-state index < -0.39 is 0 Å². The number of nitrogens with zero attached hydrogens (tertiary/aromatic N) is 1. The minimum atomic E-state index is -0.242. The van der Waals surface area contributed by atoms with Gasteiger partial charge in [0.2, 0.25) is 0 Å². The normalized spacial score (nSPS) is 10.6. The van der Waals surface area contributed by atoms with E-state index in [1.54, 1.807) is 37.4 Å². The SMILES string of the molecule is CCOC(=O)CCCOc1cc(C=CC(=O)c2ccccc2)ncc1OCC. The number of ketones is 1. The number of carbonyl (C=O) groups is 2. The summed E-state index contributed by atoms with van der Waals surface area (Å²) >= 11 is 0. The number of hydrogen-bond acceptors (Lipinski definition) is 6. The van der Waals surface area contributed by atoms with E-state index in [-0.39, 0.29) is 11.8 Å². The standard InChI is InChI=1S/C22H25NO5/c1-3-26-21-16-23-18(12-13-19(24)17-9-6-5-7-10-17)15-20(21)28-14-8-11-22(25)27-4-2/h5-7,9-10,12-13,15-16H,3-4,8,11,14H2,1-2H3. The van der Waals surface area contributed by atoms with Crippen molar-refractivity contribution in [2.75, 3.05) is 19.8 Å². The largest absolute Gasteiger partial charge is 0.490 e. The van der Waals surface area contributed by atoms with Crippen molar-refractivity contribution in [3.63, 3.8) is 0 Å². The molecule has 1 aromatic carbocycles. The first-order valence-electron chi connectivity index (χ1n) is 9.32. The smallest absolute Gasteiger partial charge is 0.305 e. The highest BCUT2D eigenvalue weighted by Gasteiger charge is 2.09. The number of ether oxygens (including phenoxy) is 3. The number of esters is 1. The molecule has 0 aliphatic rings. The molecule has 0 spiro atoms. The maximum atomic E-state index is 12.2. The van der Waals surface area contributed by atoms with Crippen LogP contribution in [0.4, 0.5) is 0 Å². The van der Waals surface area contributed by atoms with E-state index in [0.29, 0.717) is 55.4 Å². The molecule has 148 valence electrons. The number of benzene rings is 1. The van der Waals surface area contributed by atoms with Gasteiger partial charge in [-0.15, -0.1) is 0 Å². The molecule has 0 atom stereocenters. The average Bonchev–Trinajstić information content (AvgIpc) is 2.72. The first-order valence-corrected chi connectivity index (χ1v) is 9.32. The third kappa shape index (κ3) is 6.87. The number of pyridine rings is 1. The minimum absolute atomic E-state index is 0.104. The van der Waals surface area contributed by atoms with Crippen LogP contribution < -0.4 is 9.47 Å². The summed E-state index contributed by atoms with van der Waals surface area (Å²) < 4.78 is 16.2. The second-order valence-corrected chi connectivity index (χ2v) is 5.81. The summed E-state index contributed by atoms with van der Waals surface area (Å²) in [6.45, 7) is 4.83. The van der Waals surface area contributed by atoms with E-state index in [1.165, 1.54) is 6.08 Å². The van der Waals surface area contributed by atoms with Gasteiger partial charge in [-0.1, -0.05) is 30.3 Å². The number of allylic oxidation sites excluding steroid dienone is 1. The molecule has 2 rings (SSSR count). The van der Waals surface area contributed by atoms with Gasteiger partial charge in [0.25, 0.3) is 0 Å². The lowest BCUT2D eigenvalue weighted by molar-refractivity contribution is -0.143. The highest BCUT2D eigenvalue weighted by molar-refractivity contribution is 6.06. The Morgan fingerprint density at radius 1 is 1.04 bits per heavy atom. The van der Waals surface area contributed by atoms with Crippen LogP contribution in [0.25, 0.3) is 6.08 Å². The van der Waals surface area contributed by atoms with Gasteiger partial charge in [-0.2, -0.15) is 0 Å². The van der Waals surface area contributed by atoms with Crippen LogP contribution in [-0.4, -0.2) is 36.6 Å². The molecule has 0 saturated carbocycles. The number of rotatable bonds is 11. The van der Waals surface area contributed by atoms with Gasteiger partial charge in [0.05, 0.1) is 31.7 Å². The van der Waals surface area contributed by atoms with Crippen molar-refractivity contribution >= 4 is 17.8 Å². The molecular formula is C22H25NO5. The average molecular weight is 383 g/mol. The Morgan fingerprint density at radius 3 is 2.54 bits per heavy atom. The van der Waals surface area contributed by atoms with E-state index in [4.69, 9.17) is 14.2 Å². The Labute approximate surface area is 165 Å². The van der Waals surface area contributed by atoms with Crippen LogP contribution in [0.5, 0.6) is 11.5 Å². The van der Waals surface area contributed by atoms with Gasteiger partial charge >= 0.3 is 5.97 Å². The van der Waals surface area contributed by atoms with Crippen LogP contribution in [0.3, 0.4) is 0 Å². The van der Waals surface area contributed by atoms with Crippen LogP contribution in [0.2, 0.25) is 0 Å². The van der Waals surface area contributed by atoms with E-state index >= 15 is 0 Å². The fraction of sp³-hybridized carbons (Fsp3) is 0.318. The zero-order chi connectivity index (χ0) is 20.2. The molecule has 0 aliphatic heterocycles. The maximum Gasteiger partial charge on any atom is 0.305 e. The van der Waals surface area contributed by atoms with Crippen LogP contribution >= 0.6 is 0 Å². The van der Waals surface area contributed by atoms with Gasteiger partial charge in [0, 0.05) is 18.1 Å². The van der Waals surface area contributed by atoms with Crippen molar-refractivity contribution in [1.29, 1.82) is 0 Å². The molecule has 0 saturated heterocycles. The summed E-state index contributed by atoms with van der Waals surface area (Å²) in [6, 6.07) is 10.7. The number of aromatic nitrogens is 1. The molecule has 0 radical (unpaired) electrons. The van der Waals surface area contributed by atoms with Gasteiger partial charge < -0.3 is 14.2 Å². The molecule has 0 amide bonds. The molecular weight excluding hydrogens is 358 g/mol. The molecule has 0 aliphatic carbocycles. The fourth-order valence-electron chi connectivity index (χ4n) is 2.40. The Bertz CT molecular complexity index is 802. The molecule has 1 heterocycles. The van der Waals surface area contributed by atoms with Crippen molar-refractivity contribution in [2.45, 2.75) is 26.7 Å². The molecule has 2 aromatic rings. The first kappa shape index (κ1) is 21.2. The number of carbonyl (C=O) groups excluding carboxylic acids is 2. The lowest BCUT2D eigenvalue weighted by atomic mass is 10.1. The van der Waals surface area contributed by atoms with E-state index in [9.17, 15) is 9.59 Å². The summed E-state index contributed by atoms with van der Waals surface area (Å²) in [5.41, 5.74) is 1.19. The fourth-order valence-corrected chi connectivity index (χ4v) is 2.40. The molecule has 6 nitrogen and oxygen atoms in total. The Balaban J connectivity index is 2.02. The summed E-state index contributed by atoms with van der Waals surface area (Å²) in [5.74, 6) is 0.694. The Hall–Kier alpha value is -3.15. The third-order valence-corrected chi connectivity index (χ3v) is 3.70. The lowest BCUT2D eigenvalue weighted by Crippen LogP contribution is -2.07. The summed E-state index contributed by atoms with van der Waals surface area (Å²) in [4.78, 5) is 27.9. The second-order valence-electron chi connectivity index (χ2n) is 5.81. The van der Waals surface area contributed by atoms with Gasteiger partial charge in [-0.05, 0) is 32.4 Å². The third-order valence-electron chi connectivity index (χ3n) is 3.70. The van der Waals surface area contributed by atoms with Gasteiger partial charge in [0.1, 0.15) is 0 Å². The van der Waals surface area contributed by atoms with Crippen molar-refractivity contribution in [3.8, 4) is 11.5 Å². The highest BCUT2D eigenvalue weighted by atomic mass is 16.5. The van der Waals surface area contributed by atoms with E-state index in [2.05, 4.69) is 4.98 Å². The molecule has 0 unspecified atom stereocenters. The molecule has 0 fully saturated rings. The van der Waals surface area contributed by atoms with Crippen molar-refractivity contribution in [2.24, 2.45) is 0 Å². The summed E-state index contributed by atoms with van der Waals surface area (Å²) in [6.07, 6.45) is 5.50. The predicted octanol–water partition coefficient (Wildman–Crippen LogP) is 4.10. The summed E-state index contributed by atoms with van der Waals surface area (Å²) in [5, 5.41) is 0. The maximum absolute atomic E-state index is 12.2. The van der Waals surface area contributed by atoms with E-state index in [0.717, 1.165) is 0 Å². The predicted molar refractivity (Wildman–Crippen MR) is 107 cm³/mol. The first-order chi connectivity index (χ1) is 13.6. The molecule has 0 bridgehead atoms. The van der Waals surface area contributed by atoms with Crippen LogP contribution in [0, 0.1) is 0 Å². The highest BCUT2D eigenvalue weighted by Crippen LogP contribution is 2.27. The van der Waals surface area contributed by atoms with Crippen LogP contribution in [0.15, 0.2) is 48.7 Å². The van der Waals surface area contributed by atoms with Gasteiger partial charge in [0.15, 0.2) is 17.3 Å². The number of hydrogen-bond donors (Lipinski definition) is 0. The van der Waals surface area contributed by atoms with Crippen molar-refractivity contribution < 1.29 is 23.8 Å². The minimum Gasteiger partial charge on any atom is -0.490 e. The zero-order valence-corrected chi connectivity index (χ0v) is 16.2. The van der Waals surface area contributed by atoms with E-state index in [1.807, 2.05) is 25.1 Å². The topological polar surface area (TPSA) is 74.7 Å². The van der Waals surface area contributed by atoms with Crippen LogP contribution in [0.1, 0.15) is 42.7 Å². The summed E-state index contributed by atoms with van der Waals surface area (Å²) in [7, 11) is 0. The van der Waals surface area contributed by atoms with Crippen molar-refractivity contribution in [1.82, 2.24) is 4.98 Å². The van der Waals surface area contributed by atoms with Crippen LogP contribution in [-0.2, 0) is 9.53 Å². The second kappa shape index (κ2) is 11.5. The van der Waals surface area contributed by atoms with Crippen molar-refractivity contribution in [3.05, 3.63) is 59.9 Å². The zero-order valence-electron chi connectivity index (χ0n) is 16.2. The van der Waals surface area contributed by atoms with Gasteiger partial charge in [-0.3, -0.25) is 14.6 Å². The molecule has 1 aromatic heterocycles. The Kier molecular flexibility index (Phi) is 8.72. The molecule has 0 N–H and O–H groups in total. The molecule has 6 heteroatoms. The Morgan fingerprint density at radius 2 is 1.82 bits per heavy atom. The molecule has 28 heavy (non-hydrogen) atoms. The van der Waals surface area contributed by atoms with Gasteiger partial charge in [-0.25, -0.2) is 0 Å².